The quantitative estimate of drug-likeness (QED) is 0.604. The predicted octanol–water partition coefficient (Wildman–Crippen LogP) is 1.03. The number of methoxy groups -OCH3 is 1. The van der Waals surface area contributed by atoms with E-state index in [4.69, 9.17) is 10.5 Å². The van der Waals surface area contributed by atoms with Crippen molar-refractivity contribution in [2.24, 2.45) is 5.73 Å². The number of nitrogens with two attached hydrogens (primary N) is 1. The monoisotopic (exact) mass is 388 g/mol. The van der Waals surface area contributed by atoms with Gasteiger partial charge in [-0.2, -0.15) is 0 Å². The number of ether oxygens (including phenoxy) is 1. The lowest BCUT2D eigenvalue weighted by Gasteiger charge is -2.30. The molecule has 1 saturated heterocycles. The minimum Gasteiger partial charge on any atom is -0.383 e. The van der Waals surface area contributed by atoms with Crippen molar-refractivity contribution in [3.8, 4) is 0 Å². The van der Waals surface area contributed by atoms with Crippen molar-refractivity contribution in [1.82, 2.24) is 15.5 Å². The maximum absolute atomic E-state index is 13.0. The fourth-order valence-electron chi connectivity index (χ4n) is 3.94. The molecule has 1 aromatic rings. The molecule has 28 heavy (non-hydrogen) atoms. The summed E-state index contributed by atoms with van der Waals surface area (Å²) in [6, 6.07) is 6.36. The smallest absolute Gasteiger partial charge is 0.325 e. The molecule has 0 aromatic heterocycles. The lowest BCUT2D eigenvalue weighted by Crippen LogP contribution is -2.48. The Morgan fingerprint density at radius 2 is 1.93 bits per heavy atom. The standard InChI is InChI=1S/C20H28N4O4/c1-28-13-16(21)17(25)22-11-14-7-3-4-8-15(14)12-24-18(26)20(23-19(24)27)9-5-2-6-10-20/h3-4,7-8,16H,2,5-6,9-13,21H2,1H3,(H,22,25)(H,23,27). The number of nitrogens with one attached hydrogen (secondary N) is 2. The number of carbonyl (C=O) groups is 3. The zero-order valence-electron chi connectivity index (χ0n) is 16.2. The Kier molecular flexibility index (Phi) is 6.31. The first-order valence-electron chi connectivity index (χ1n) is 9.70. The van der Waals surface area contributed by atoms with Gasteiger partial charge < -0.3 is 21.1 Å². The van der Waals surface area contributed by atoms with E-state index < -0.39 is 11.6 Å². The average Bonchev–Trinajstić information content (AvgIpc) is 2.91. The van der Waals surface area contributed by atoms with Gasteiger partial charge in [0, 0.05) is 13.7 Å². The van der Waals surface area contributed by atoms with Gasteiger partial charge in [-0.05, 0) is 24.0 Å². The van der Waals surface area contributed by atoms with E-state index in [0.717, 1.165) is 30.4 Å². The van der Waals surface area contributed by atoms with Gasteiger partial charge in [0.2, 0.25) is 5.91 Å². The molecule has 1 atom stereocenters. The molecule has 0 bridgehead atoms. The minimum absolute atomic E-state index is 0.137. The highest BCUT2D eigenvalue weighted by Crippen LogP contribution is 2.34. The lowest BCUT2D eigenvalue weighted by atomic mass is 9.81. The van der Waals surface area contributed by atoms with Crippen LogP contribution in [0.2, 0.25) is 0 Å². The van der Waals surface area contributed by atoms with Crippen LogP contribution in [-0.4, -0.2) is 48.0 Å². The van der Waals surface area contributed by atoms with E-state index in [2.05, 4.69) is 10.6 Å². The molecule has 8 nitrogen and oxygen atoms in total. The molecule has 3 rings (SSSR count). The van der Waals surface area contributed by atoms with Crippen molar-refractivity contribution >= 4 is 17.8 Å². The third kappa shape index (κ3) is 4.18. The number of benzene rings is 1. The largest absolute Gasteiger partial charge is 0.383 e. The maximum atomic E-state index is 13.0. The minimum atomic E-state index is -0.741. The van der Waals surface area contributed by atoms with Gasteiger partial charge in [0.05, 0.1) is 13.2 Å². The van der Waals surface area contributed by atoms with E-state index in [1.54, 1.807) is 0 Å². The number of carbonyl (C=O) groups excluding carboxylic acids is 3. The van der Waals surface area contributed by atoms with E-state index >= 15 is 0 Å². The summed E-state index contributed by atoms with van der Waals surface area (Å²) >= 11 is 0. The van der Waals surface area contributed by atoms with Gasteiger partial charge in [-0.15, -0.1) is 0 Å². The highest BCUT2D eigenvalue weighted by atomic mass is 16.5. The maximum Gasteiger partial charge on any atom is 0.325 e. The fraction of sp³-hybridized carbons (Fsp3) is 0.550. The van der Waals surface area contributed by atoms with E-state index in [9.17, 15) is 14.4 Å². The van der Waals surface area contributed by atoms with Crippen LogP contribution in [0.25, 0.3) is 0 Å². The molecule has 1 unspecified atom stereocenters. The highest BCUT2D eigenvalue weighted by molar-refractivity contribution is 6.07. The molecule has 2 fully saturated rings. The molecule has 1 heterocycles. The zero-order valence-corrected chi connectivity index (χ0v) is 16.2. The lowest BCUT2D eigenvalue weighted by molar-refractivity contribution is -0.132. The Balaban J connectivity index is 1.69. The first kappa shape index (κ1) is 20.3. The number of urea groups is 1. The molecule has 0 radical (unpaired) electrons. The molecule has 4 N–H and O–H groups in total. The van der Waals surface area contributed by atoms with Crippen LogP contribution in [0.1, 0.15) is 43.2 Å². The number of hydrogen-bond acceptors (Lipinski definition) is 5. The average molecular weight is 388 g/mol. The molecular weight excluding hydrogens is 360 g/mol. The normalized spacial score (nSPS) is 19.6. The second-order valence-corrected chi connectivity index (χ2v) is 7.51. The van der Waals surface area contributed by atoms with E-state index in [-0.39, 0.29) is 37.5 Å². The number of hydrogen-bond donors (Lipinski definition) is 3. The van der Waals surface area contributed by atoms with E-state index in [0.29, 0.717) is 12.8 Å². The molecule has 1 aliphatic heterocycles. The van der Waals surface area contributed by atoms with Crippen molar-refractivity contribution in [2.75, 3.05) is 13.7 Å². The van der Waals surface area contributed by atoms with E-state index in [1.165, 1.54) is 12.0 Å². The van der Waals surface area contributed by atoms with Crippen molar-refractivity contribution < 1.29 is 19.1 Å². The first-order chi connectivity index (χ1) is 13.5. The Morgan fingerprint density at radius 1 is 1.25 bits per heavy atom. The Morgan fingerprint density at radius 3 is 2.61 bits per heavy atom. The Labute approximate surface area is 164 Å². The van der Waals surface area contributed by atoms with Crippen LogP contribution < -0.4 is 16.4 Å². The van der Waals surface area contributed by atoms with Gasteiger partial charge in [0.15, 0.2) is 0 Å². The van der Waals surface area contributed by atoms with Gasteiger partial charge in [-0.25, -0.2) is 4.79 Å². The Bertz CT molecular complexity index is 745. The van der Waals surface area contributed by atoms with Crippen molar-refractivity contribution in [2.45, 2.75) is 56.8 Å². The van der Waals surface area contributed by atoms with Crippen LogP contribution in [0.4, 0.5) is 4.79 Å². The van der Waals surface area contributed by atoms with Crippen molar-refractivity contribution in [3.63, 3.8) is 0 Å². The van der Waals surface area contributed by atoms with Crippen LogP contribution in [0.15, 0.2) is 24.3 Å². The topological polar surface area (TPSA) is 114 Å². The molecule has 2 aliphatic rings. The second-order valence-electron chi connectivity index (χ2n) is 7.51. The molecule has 1 saturated carbocycles. The van der Waals surface area contributed by atoms with Gasteiger partial charge in [0.1, 0.15) is 11.6 Å². The first-order valence-corrected chi connectivity index (χ1v) is 9.70. The summed E-state index contributed by atoms with van der Waals surface area (Å²) in [5.74, 6) is -0.453. The zero-order chi connectivity index (χ0) is 20.1. The number of nitrogens with zero attached hydrogens (tertiary/aromatic N) is 1. The highest BCUT2D eigenvalue weighted by Gasteiger charge is 2.51. The third-order valence-electron chi connectivity index (χ3n) is 5.54. The summed E-state index contributed by atoms with van der Waals surface area (Å²) in [7, 11) is 1.49. The van der Waals surface area contributed by atoms with Gasteiger partial charge in [0.25, 0.3) is 5.91 Å². The molecule has 1 aromatic carbocycles. The number of imide groups is 1. The fourth-order valence-corrected chi connectivity index (χ4v) is 3.94. The summed E-state index contributed by atoms with van der Waals surface area (Å²) in [6.45, 7) is 0.585. The van der Waals surface area contributed by atoms with Crippen LogP contribution in [0, 0.1) is 0 Å². The molecule has 1 aliphatic carbocycles. The molecular formula is C20H28N4O4. The van der Waals surface area contributed by atoms with Gasteiger partial charge >= 0.3 is 6.03 Å². The summed E-state index contributed by atoms with van der Waals surface area (Å²) in [6.07, 6.45) is 4.39. The second kappa shape index (κ2) is 8.70. The molecule has 8 heteroatoms. The molecule has 152 valence electrons. The van der Waals surface area contributed by atoms with Crippen LogP contribution in [0.5, 0.6) is 0 Å². The predicted molar refractivity (Wildman–Crippen MR) is 103 cm³/mol. The molecule has 1 spiro atoms. The number of amides is 4. The number of rotatable bonds is 7. The van der Waals surface area contributed by atoms with Gasteiger partial charge in [-0.1, -0.05) is 43.5 Å². The van der Waals surface area contributed by atoms with Crippen LogP contribution in [-0.2, 0) is 27.4 Å². The third-order valence-corrected chi connectivity index (χ3v) is 5.54. The summed E-state index contributed by atoms with van der Waals surface area (Å²) in [4.78, 5) is 38.8. The summed E-state index contributed by atoms with van der Waals surface area (Å²) in [5, 5.41) is 5.71. The Hall–Kier alpha value is -2.45. The van der Waals surface area contributed by atoms with E-state index in [1.807, 2.05) is 24.3 Å². The van der Waals surface area contributed by atoms with Crippen molar-refractivity contribution in [3.05, 3.63) is 35.4 Å². The van der Waals surface area contributed by atoms with Crippen LogP contribution >= 0.6 is 0 Å². The van der Waals surface area contributed by atoms with Crippen molar-refractivity contribution in [1.29, 1.82) is 0 Å². The van der Waals surface area contributed by atoms with Gasteiger partial charge in [-0.3, -0.25) is 14.5 Å². The summed E-state index contributed by atoms with van der Waals surface area (Å²) in [5.41, 5.74) is 6.66. The SMILES string of the molecule is COCC(N)C(=O)NCc1ccccc1CN1C(=O)NC2(CCCCC2)C1=O. The van der Waals surface area contributed by atoms with Crippen LogP contribution in [0.3, 0.4) is 0 Å². The molecule has 4 amide bonds. The summed E-state index contributed by atoms with van der Waals surface area (Å²) < 4.78 is 4.89.